The molecule has 6 heteroatoms. The molecule has 0 saturated carbocycles. The Kier molecular flexibility index (Phi) is 3.61. The van der Waals surface area contributed by atoms with Crippen LogP contribution in [0.5, 0.6) is 5.75 Å². The van der Waals surface area contributed by atoms with E-state index in [1.54, 1.807) is 18.2 Å². The maximum absolute atomic E-state index is 10.9. The average molecular weight is 270 g/mol. The van der Waals surface area contributed by atoms with E-state index in [1.807, 2.05) is 6.07 Å². The summed E-state index contributed by atoms with van der Waals surface area (Å²) in [7, 11) is 0. The zero-order valence-electron chi connectivity index (χ0n) is 8.59. The molecule has 17 heavy (non-hydrogen) atoms. The molecule has 2 aromatic rings. The van der Waals surface area contributed by atoms with Gasteiger partial charge in [0.05, 0.1) is 4.34 Å². The van der Waals surface area contributed by atoms with Gasteiger partial charge >= 0.3 is 5.97 Å². The van der Waals surface area contributed by atoms with Gasteiger partial charge in [0.1, 0.15) is 6.61 Å². The smallest absolute Gasteiger partial charge is 0.358 e. The SMILES string of the molecule is O=C(O)c1ncccc1OCc1ccc(Cl)s1. The van der Waals surface area contributed by atoms with E-state index in [0.717, 1.165) is 4.88 Å². The van der Waals surface area contributed by atoms with E-state index in [0.29, 0.717) is 4.34 Å². The summed E-state index contributed by atoms with van der Waals surface area (Å²) in [5.74, 6) is -0.852. The van der Waals surface area contributed by atoms with Crippen molar-refractivity contribution in [2.75, 3.05) is 0 Å². The molecule has 0 radical (unpaired) electrons. The molecule has 0 aromatic carbocycles. The summed E-state index contributed by atoms with van der Waals surface area (Å²) in [4.78, 5) is 15.6. The van der Waals surface area contributed by atoms with Gasteiger partial charge in [-0.05, 0) is 24.3 Å². The summed E-state index contributed by atoms with van der Waals surface area (Å²) in [5, 5.41) is 8.91. The predicted octanol–water partition coefficient (Wildman–Crippen LogP) is 3.07. The van der Waals surface area contributed by atoms with Crippen LogP contribution in [-0.4, -0.2) is 16.1 Å². The summed E-state index contributed by atoms with van der Waals surface area (Å²) in [6, 6.07) is 6.81. The minimum atomic E-state index is -1.11. The van der Waals surface area contributed by atoms with Crippen molar-refractivity contribution in [3.63, 3.8) is 0 Å². The maximum atomic E-state index is 10.9. The van der Waals surface area contributed by atoms with E-state index < -0.39 is 5.97 Å². The normalized spacial score (nSPS) is 10.2. The lowest BCUT2D eigenvalue weighted by Crippen LogP contribution is -2.04. The van der Waals surface area contributed by atoms with Gasteiger partial charge in [-0.15, -0.1) is 11.3 Å². The van der Waals surface area contributed by atoms with Gasteiger partial charge in [0.15, 0.2) is 11.4 Å². The third-order valence-corrected chi connectivity index (χ3v) is 3.18. The van der Waals surface area contributed by atoms with Crippen molar-refractivity contribution >= 4 is 28.9 Å². The Morgan fingerprint density at radius 3 is 2.94 bits per heavy atom. The largest absolute Gasteiger partial charge is 0.486 e. The number of thiophene rings is 1. The van der Waals surface area contributed by atoms with Gasteiger partial charge in [0.2, 0.25) is 0 Å². The van der Waals surface area contributed by atoms with Gasteiger partial charge in [0, 0.05) is 11.1 Å². The van der Waals surface area contributed by atoms with Crippen LogP contribution >= 0.6 is 22.9 Å². The first-order valence-electron chi connectivity index (χ1n) is 4.72. The van der Waals surface area contributed by atoms with E-state index in [2.05, 4.69) is 4.98 Å². The number of nitrogens with zero attached hydrogens (tertiary/aromatic N) is 1. The van der Waals surface area contributed by atoms with Crippen LogP contribution in [0, 0.1) is 0 Å². The van der Waals surface area contributed by atoms with Crippen LogP contribution in [-0.2, 0) is 6.61 Å². The zero-order chi connectivity index (χ0) is 12.3. The number of rotatable bonds is 4. The van der Waals surface area contributed by atoms with Crippen molar-refractivity contribution in [2.24, 2.45) is 0 Å². The number of carbonyl (C=O) groups is 1. The lowest BCUT2D eigenvalue weighted by molar-refractivity contribution is 0.0685. The Morgan fingerprint density at radius 1 is 1.47 bits per heavy atom. The van der Waals surface area contributed by atoms with Gasteiger partial charge in [-0.1, -0.05) is 11.6 Å². The van der Waals surface area contributed by atoms with Crippen LogP contribution in [0.25, 0.3) is 0 Å². The Morgan fingerprint density at radius 2 is 2.29 bits per heavy atom. The quantitative estimate of drug-likeness (QED) is 0.927. The van der Waals surface area contributed by atoms with Crippen molar-refractivity contribution in [3.8, 4) is 5.75 Å². The number of aromatic nitrogens is 1. The molecule has 0 aliphatic heterocycles. The summed E-state index contributed by atoms with van der Waals surface area (Å²) < 4.78 is 6.08. The highest BCUT2D eigenvalue weighted by molar-refractivity contribution is 7.16. The monoisotopic (exact) mass is 269 g/mol. The number of pyridine rings is 1. The molecule has 0 bridgehead atoms. The zero-order valence-corrected chi connectivity index (χ0v) is 10.2. The second-order valence-corrected chi connectivity index (χ2v) is 4.95. The van der Waals surface area contributed by atoms with Gasteiger partial charge in [-0.25, -0.2) is 9.78 Å². The Hall–Kier alpha value is -1.59. The Balaban J connectivity index is 2.11. The fourth-order valence-corrected chi connectivity index (χ4v) is 2.25. The fraction of sp³-hybridized carbons (Fsp3) is 0.0909. The van der Waals surface area contributed by atoms with Crippen LogP contribution in [0.15, 0.2) is 30.5 Å². The number of halogens is 1. The molecule has 1 N–H and O–H groups in total. The Labute approximate surface area is 106 Å². The molecule has 0 saturated heterocycles. The van der Waals surface area contributed by atoms with Crippen LogP contribution in [0.3, 0.4) is 0 Å². The highest BCUT2D eigenvalue weighted by atomic mass is 35.5. The molecule has 2 aromatic heterocycles. The van der Waals surface area contributed by atoms with E-state index in [9.17, 15) is 4.79 Å². The first-order chi connectivity index (χ1) is 8.16. The molecule has 88 valence electrons. The second-order valence-electron chi connectivity index (χ2n) is 3.15. The third kappa shape index (κ3) is 2.95. The van der Waals surface area contributed by atoms with Crippen LogP contribution in [0.4, 0.5) is 0 Å². The molecule has 0 aliphatic carbocycles. The molecule has 2 heterocycles. The topological polar surface area (TPSA) is 59.4 Å². The molecule has 0 atom stereocenters. The van der Waals surface area contributed by atoms with E-state index in [1.165, 1.54) is 17.5 Å². The predicted molar refractivity (Wildman–Crippen MR) is 64.9 cm³/mol. The first-order valence-corrected chi connectivity index (χ1v) is 5.91. The molecule has 0 fully saturated rings. The number of hydrogen-bond acceptors (Lipinski definition) is 4. The molecular formula is C11H8ClNO3S. The number of hydrogen-bond donors (Lipinski definition) is 1. The van der Waals surface area contributed by atoms with Crippen molar-refractivity contribution in [1.82, 2.24) is 4.98 Å². The molecule has 0 aliphatic rings. The summed E-state index contributed by atoms with van der Waals surface area (Å²) in [6.07, 6.45) is 1.42. The van der Waals surface area contributed by atoms with E-state index in [4.69, 9.17) is 21.4 Å². The summed E-state index contributed by atoms with van der Waals surface area (Å²) >= 11 is 7.17. The summed E-state index contributed by atoms with van der Waals surface area (Å²) in [6.45, 7) is 0.281. The third-order valence-electron chi connectivity index (χ3n) is 1.97. The molecule has 0 spiro atoms. The van der Waals surface area contributed by atoms with Crippen LogP contribution < -0.4 is 4.74 Å². The minimum Gasteiger partial charge on any atom is -0.486 e. The van der Waals surface area contributed by atoms with Crippen molar-refractivity contribution in [3.05, 3.63) is 45.4 Å². The standard InChI is InChI=1S/C11H8ClNO3S/c12-9-4-3-7(17-9)6-16-8-2-1-5-13-10(8)11(14)15/h1-5H,6H2,(H,14,15). The number of carboxylic acid groups (broad SMARTS) is 1. The molecule has 2 rings (SSSR count). The number of ether oxygens (including phenoxy) is 1. The minimum absolute atomic E-state index is 0.0878. The second kappa shape index (κ2) is 5.16. The average Bonchev–Trinajstić information content (AvgIpc) is 2.73. The molecular weight excluding hydrogens is 262 g/mol. The highest BCUT2D eigenvalue weighted by Gasteiger charge is 2.12. The van der Waals surface area contributed by atoms with Gasteiger partial charge in [-0.3, -0.25) is 0 Å². The highest BCUT2D eigenvalue weighted by Crippen LogP contribution is 2.23. The lowest BCUT2D eigenvalue weighted by Gasteiger charge is -2.06. The number of aromatic carboxylic acids is 1. The number of carboxylic acids is 1. The fourth-order valence-electron chi connectivity index (χ4n) is 1.25. The van der Waals surface area contributed by atoms with Crippen LogP contribution in [0.1, 0.15) is 15.4 Å². The van der Waals surface area contributed by atoms with E-state index >= 15 is 0 Å². The molecule has 4 nitrogen and oxygen atoms in total. The lowest BCUT2D eigenvalue weighted by atomic mass is 10.3. The van der Waals surface area contributed by atoms with Gasteiger partial charge < -0.3 is 9.84 Å². The first kappa shape index (κ1) is 11.9. The van der Waals surface area contributed by atoms with Gasteiger partial charge in [0.25, 0.3) is 0 Å². The Bertz CT molecular complexity index is 541. The maximum Gasteiger partial charge on any atom is 0.358 e. The summed E-state index contributed by atoms with van der Waals surface area (Å²) in [5.41, 5.74) is -0.0878. The van der Waals surface area contributed by atoms with Crippen molar-refractivity contribution < 1.29 is 14.6 Å². The van der Waals surface area contributed by atoms with Gasteiger partial charge in [-0.2, -0.15) is 0 Å². The molecule has 0 unspecified atom stereocenters. The van der Waals surface area contributed by atoms with Crippen molar-refractivity contribution in [2.45, 2.75) is 6.61 Å². The molecule has 0 amide bonds. The van der Waals surface area contributed by atoms with Crippen molar-refractivity contribution in [1.29, 1.82) is 0 Å². The van der Waals surface area contributed by atoms with Crippen LogP contribution in [0.2, 0.25) is 4.34 Å². The van der Waals surface area contributed by atoms with E-state index in [-0.39, 0.29) is 18.1 Å².